The van der Waals surface area contributed by atoms with Gasteiger partial charge in [-0.2, -0.15) is 0 Å². The molecule has 1 aliphatic rings. The Balaban J connectivity index is 1.57. The van der Waals surface area contributed by atoms with Crippen LogP contribution in [0.4, 0.5) is 15.3 Å². The predicted octanol–water partition coefficient (Wildman–Crippen LogP) is 4.37. The van der Waals surface area contributed by atoms with Gasteiger partial charge in [-0.05, 0) is 44.7 Å². The molecule has 0 atom stereocenters. The number of aryl methyl sites for hydroxylation is 2. The van der Waals surface area contributed by atoms with E-state index < -0.39 is 12.2 Å². The van der Waals surface area contributed by atoms with E-state index in [-0.39, 0.29) is 12.5 Å². The first kappa shape index (κ1) is 19.2. The maximum Gasteiger partial charge on any atom is 0.411 e. The quantitative estimate of drug-likeness (QED) is 0.810. The van der Waals surface area contributed by atoms with Crippen LogP contribution in [0.15, 0.2) is 24.3 Å². The molecule has 1 aromatic carbocycles. The summed E-state index contributed by atoms with van der Waals surface area (Å²) in [6, 6.07) is 7.52. The molecule has 7 nitrogen and oxygen atoms in total. The number of carbonyl (C=O) groups excluding carboxylic acids is 1. The van der Waals surface area contributed by atoms with Gasteiger partial charge in [-0.1, -0.05) is 12.1 Å². The monoisotopic (exact) mass is 389 g/mol. The highest BCUT2D eigenvalue weighted by atomic mass is 32.1. The second-order valence-corrected chi connectivity index (χ2v) is 7.85. The highest BCUT2D eigenvalue weighted by Crippen LogP contribution is 2.32. The number of rotatable bonds is 4. The number of nitrogens with one attached hydrogen (secondary N) is 1. The second-order valence-electron chi connectivity index (χ2n) is 6.64. The van der Waals surface area contributed by atoms with Gasteiger partial charge in [-0.3, -0.25) is 5.32 Å². The van der Waals surface area contributed by atoms with Gasteiger partial charge in [-0.25, -0.2) is 14.6 Å². The molecule has 27 heavy (non-hydrogen) atoms. The molecule has 2 N–H and O–H groups in total. The van der Waals surface area contributed by atoms with E-state index >= 15 is 0 Å². The molecule has 2 aromatic rings. The predicted molar refractivity (Wildman–Crippen MR) is 104 cm³/mol. The molecular weight excluding hydrogens is 366 g/mol. The minimum absolute atomic E-state index is 0.186. The smallest absolute Gasteiger partial charge is 0.411 e. The topological polar surface area (TPSA) is 91.8 Å². The van der Waals surface area contributed by atoms with Crippen molar-refractivity contribution < 1.29 is 19.4 Å². The van der Waals surface area contributed by atoms with Gasteiger partial charge in [0.25, 0.3) is 0 Å². The lowest BCUT2D eigenvalue weighted by molar-refractivity contribution is 0.0948. The zero-order chi connectivity index (χ0) is 19.4. The van der Waals surface area contributed by atoms with E-state index in [4.69, 9.17) is 9.84 Å². The van der Waals surface area contributed by atoms with Crippen LogP contribution < -0.4 is 5.32 Å². The number of nitrogens with zero attached hydrogens (tertiary/aromatic N) is 2. The Kier molecular flexibility index (Phi) is 5.95. The molecule has 1 aromatic heterocycles. The van der Waals surface area contributed by atoms with Gasteiger partial charge >= 0.3 is 12.2 Å². The molecule has 2 heterocycles. The second kappa shape index (κ2) is 8.39. The molecule has 0 radical (unpaired) electrons. The minimum atomic E-state index is -0.892. The Hall–Kier alpha value is -2.61. The van der Waals surface area contributed by atoms with Crippen LogP contribution >= 0.6 is 11.3 Å². The first-order valence-electron chi connectivity index (χ1n) is 8.89. The average molecular weight is 389 g/mol. The largest absolute Gasteiger partial charge is 0.465 e. The van der Waals surface area contributed by atoms with Crippen LogP contribution in [0.3, 0.4) is 0 Å². The highest BCUT2D eigenvalue weighted by Gasteiger charge is 2.23. The molecule has 0 spiro atoms. The fourth-order valence-corrected chi connectivity index (χ4v) is 3.95. The molecule has 1 fully saturated rings. The Morgan fingerprint density at radius 2 is 2.00 bits per heavy atom. The van der Waals surface area contributed by atoms with E-state index in [1.165, 1.54) is 4.90 Å². The van der Waals surface area contributed by atoms with E-state index in [9.17, 15) is 9.59 Å². The van der Waals surface area contributed by atoms with Crippen LogP contribution in [0.5, 0.6) is 0 Å². The molecule has 144 valence electrons. The fraction of sp³-hybridized carbons (Fsp3) is 0.421. The van der Waals surface area contributed by atoms with Crippen molar-refractivity contribution in [2.24, 2.45) is 5.92 Å². The van der Waals surface area contributed by atoms with Crippen molar-refractivity contribution in [3.05, 3.63) is 34.8 Å². The van der Waals surface area contributed by atoms with Crippen molar-refractivity contribution in [2.75, 3.05) is 25.0 Å². The van der Waals surface area contributed by atoms with Crippen LogP contribution in [0.1, 0.15) is 23.4 Å². The van der Waals surface area contributed by atoms with Gasteiger partial charge in [0.15, 0.2) is 0 Å². The first-order chi connectivity index (χ1) is 12.9. The van der Waals surface area contributed by atoms with Crippen molar-refractivity contribution in [1.82, 2.24) is 9.88 Å². The maximum absolute atomic E-state index is 12.2. The summed E-state index contributed by atoms with van der Waals surface area (Å²) in [5.41, 5.74) is 2.52. The molecule has 0 unspecified atom stereocenters. The molecular formula is C19H23N3O4S. The number of piperidine rings is 1. The summed E-state index contributed by atoms with van der Waals surface area (Å²) in [4.78, 5) is 30.3. The van der Waals surface area contributed by atoms with Crippen molar-refractivity contribution in [3.63, 3.8) is 0 Å². The average Bonchev–Trinajstić information content (AvgIpc) is 2.99. The van der Waals surface area contributed by atoms with E-state index in [1.54, 1.807) is 11.3 Å². The molecule has 8 heteroatoms. The number of carboxylic acid groups (broad SMARTS) is 1. The van der Waals surface area contributed by atoms with E-state index in [0.717, 1.165) is 21.1 Å². The number of ether oxygens (including phenoxy) is 1. The summed E-state index contributed by atoms with van der Waals surface area (Å²) in [6.45, 7) is 5.25. The molecule has 1 saturated heterocycles. The number of para-hydroxylation sites is 1. The van der Waals surface area contributed by atoms with Crippen LogP contribution in [0.2, 0.25) is 0 Å². The van der Waals surface area contributed by atoms with Gasteiger partial charge in [0.2, 0.25) is 0 Å². The van der Waals surface area contributed by atoms with Crippen LogP contribution in [-0.2, 0) is 4.74 Å². The molecule has 0 saturated carbocycles. The number of hydrogen-bond acceptors (Lipinski definition) is 5. The lowest BCUT2D eigenvalue weighted by atomic mass is 9.98. The van der Waals surface area contributed by atoms with Gasteiger partial charge in [-0.15, -0.1) is 11.3 Å². The number of carbonyl (C=O) groups is 2. The number of likely N-dealkylation sites (tertiary alicyclic amines) is 1. The SMILES string of the molecule is Cc1nc(-c2ccccc2NC(=O)OCC2CCN(C(=O)O)CC2)sc1C. The summed E-state index contributed by atoms with van der Waals surface area (Å²) in [7, 11) is 0. The fourth-order valence-electron chi connectivity index (χ4n) is 3.00. The molecule has 0 aliphatic carbocycles. The lowest BCUT2D eigenvalue weighted by Crippen LogP contribution is -2.38. The molecule has 0 bridgehead atoms. The maximum atomic E-state index is 12.2. The summed E-state index contributed by atoms with van der Waals surface area (Å²) in [5.74, 6) is 0.186. The van der Waals surface area contributed by atoms with Gasteiger partial charge in [0.05, 0.1) is 18.0 Å². The normalized spacial score (nSPS) is 14.8. The van der Waals surface area contributed by atoms with Crippen LogP contribution in [0.25, 0.3) is 10.6 Å². The third-order valence-corrected chi connectivity index (χ3v) is 5.86. The van der Waals surface area contributed by atoms with Crippen LogP contribution in [0, 0.1) is 19.8 Å². The van der Waals surface area contributed by atoms with Crippen molar-refractivity contribution in [3.8, 4) is 10.6 Å². The number of thiazole rings is 1. The zero-order valence-electron chi connectivity index (χ0n) is 15.4. The van der Waals surface area contributed by atoms with Gasteiger partial charge < -0.3 is 14.7 Å². The van der Waals surface area contributed by atoms with Crippen molar-refractivity contribution >= 4 is 29.2 Å². The minimum Gasteiger partial charge on any atom is -0.465 e. The molecule has 2 amide bonds. The Labute approximate surface area is 162 Å². The third kappa shape index (κ3) is 4.77. The van der Waals surface area contributed by atoms with Gasteiger partial charge in [0, 0.05) is 23.5 Å². The number of anilines is 1. The lowest BCUT2D eigenvalue weighted by Gasteiger charge is -2.29. The highest BCUT2D eigenvalue weighted by molar-refractivity contribution is 7.15. The zero-order valence-corrected chi connectivity index (χ0v) is 16.2. The number of hydrogen-bond donors (Lipinski definition) is 2. The summed E-state index contributed by atoms with van der Waals surface area (Å²) < 4.78 is 5.37. The summed E-state index contributed by atoms with van der Waals surface area (Å²) >= 11 is 1.59. The van der Waals surface area contributed by atoms with Crippen molar-refractivity contribution in [1.29, 1.82) is 0 Å². The number of amides is 2. The third-order valence-electron chi connectivity index (χ3n) is 4.76. The van der Waals surface area contributed by atoms with E-state index in [0.29, 0.717) is 31.6 Å². The Morgan fingerprint density at radius 1 is 1.30 bits per heavy atom. The first-order valence-corrected chi connectivity index (χ1v) is 9.70. The van der Waals surface area contributed by atoms with E-state index in [1.807, 2.05) is 38.1 Å². The standard InChI is InChI=1S/C19H23N3O4S/c1-12-13(2)27-17(20-12)15-5-3-4-6-16(15)21-18(23)26-11-14-7-9-22(10-8-14)19(24)25/h3-6,14H,7-11H2,1-2H3,(H,21,23)(H,24,25). The molecule has 3 rings (SSSR count). The number of benzene rings is 1. The Bertz CT molecular complexity index is 809. The van der Waals surface area contributed by atoms with Gasteiger partial charge in [0.1, 0.15) is 5.01 Å². The number of aromatic nitrogens is 1. The van der Waals surface area contributed by atoms with Crippen LogP contribution in [-0.4, -0.2) is 46.9 Å². The summed E-state index contributed by atoms with van der Waals surface area (Å²) in [6.07, 6.45) is 0.00582. The summed E-state index contributed by atoms with van der Waals surface area (Å²) in [5, 5.41) is 12.6. The van der Waals surface area contributed by atoms with Crippen molar-refractivity contribution in [2.45, 2.75) is 26.7 Å². The van der Waals surface area contributed by atoms with E-state index in [2.05, 4.69) is 10.3 Å². The Morgan fingerprint density at radius 3 is 2.63 bits per heavy atom. The molecule has 1 aliphatic heterocycles.